The normalized spacial score (nSPS) is 22.7. The van der Waals surface area contributed by atoms with E-state index in [0.717, 1.165) is 49.6 Å². The predicted molar refractivity (Wildman–Crippen MR) is 124 cm³/mol. The lowest BCUT2D eigenvalue weighted by molar-refractivity contribution is -0.128. The van der Waals surface area contributed by atoms with Crippen LogP contribution in [0.5, 0.6) is 0 Å². The van der Waals surface area contributed by atoms with E-state index in [1.54, 1.807) is 6.07 Å². The van der Waals surface area contributed by atoms with E-state index in [1.165, 1.54) is 12.1 Å². The Labute approximate surface area is 194 Å². The van der Waals surface area contributed by atoms with Crippen LogP contribution in [0.15, 0.2) is 47.4 Å². The van der Waals surface area contributed by atoms with E-state index in [-0.39, 0.29) is 16.4 Å². The van der Waals surface area contributed by atoms with E-state index in [0.29, 0.717) is 17.9 Å². The highest BCUT2D eigenvalue weighted by Crippen LogP contribution is 2.37. The lowest BCUT2D eigenvalue weighted by atomic mass is 9.79. The van der Waals surface area contributed by atoms with Crippen molar-refractivity contribution in [3.63, 3.8) is 0 Å². The molecular weight excluding hydrogens is 436 g/mol. The van der Waals surface area contributed by atoms with Gasteiger partial charge in [0.15, 0.2) is 9.84 Å². The molecule has 7 nitrogen and oxygen atoms in total. The van der Waals surface area contributed by atoms with Crippen molar-refractivity contribution in [1.82, 2.24) is 10.6 Å². The summed E-state index contributed by atoms with van der Waals surface area (Å²) in [6.45, 7) is 0.864. The van der Waals surface area contributed by atoms with Gasteiger partial charge in [-0.1, -0.05) is 36.8 Å². The molecule has 3 atom stereocenters. The number of carbonyl (C=O) groups is 1. The van der Waals surface area contributed by atoms with E-state index in [4.69, 9.17) is 0 Å². The maximum absolute atomic E-state index is 12.9. The Morgan fingerprint density at radius 3 is 2.61 bits per heavy atom. The molecule has 2 aromatic carbocycles. The maximum Gasteiger partial charge on any atom is 0.241 e. The van der Waals surface area contributed by atoms with Gasteiger partial charge in [0.25, 0.3) is 0 Å². The van der Waals surface area contributed by atoms with Crippen molar-refractivity contribution in [3.05, 3.63) is 53.6 Å². The first-order valence-corrected chi connectivity index (χ1v) is 12.9. The average Bonchev–Trinajstić information content (AvgIpc) is 3.12. The molecule has 0 aromatic heterocycles. The van der Waals surface area contributed by atoms with E-state index < -0.39 is 21.4 Å². The Hall–Kier alpha value is -3.20. The molecule has 4 rings (SSSR count). The van der Waals surface area contributed by atoms with Crippen LogP contribution in [0.1, 0.15) is 36.8 Å². The molecule has 0 radical (unpaired) electrons. The zero-order chi connectivity index (χ0) is 23.6. The third-order valence-corrected chi connectivity index (χ3v) is 7.84. The molecular formula is C25H26N4O3S. The lowest BCUT2D eigenvalue weighted by Gasteiger charge is -2.32. The molecule has 1 aliphatic heterocycles. The zero-order valence-corrected chi connectivity index (χ0v) is 19.3. The van der Waals surface area contributed by atoms with Crippen molar-refractivity contribution in [2.24, 2.45) is 5.92 Å². The third kappa shape index (κ3) is 4.78. The van der Waals surface area contributed by atoms with Crippen molar-refractivity contribution in [1.29, 1.82) is 10.5 Å². The van der Waals surface area contributed by atoms with E-state index in [2.05, 4.69) is 16.7 Å². The summed E-state index contributed by atoms with van der Waals surface area (Å²) >= 11 is 0. The number of nitrogens with one attached hydrogen (secondary N) is 2. The summed E-state index contributed by atoms with van der Waals surface area (Å²) in [5.74, 6) is 0.460. The molecule has 1 amide bonds. The van der Waals surface area contributed by atoms with Gasteiger partial charge < -0.3 is 10.6 Å². The molecule has 2 aromatic rings. The number of nitrogens with zero attached hydrogens (tertiary/aromatic N) is 2. The highest BCUT2D eigenvalue weighted by molar-refractivity contribution is 7.90. The van der Waals surface area contributed by atoms with Crippen LogP contribution in [-0.2, 0) is 21.1 Å². The molecule has 33 heavy (non-hydrogen) atoms. The summed E-state index contributed by atoms with van der Waals surface area (Å²) in [5.41, 5.74) is 1.96. The minimum absolute atomic E-state index is 0.00341. The molecule has 2 N–H and O–H groups in total. The van der Waals surface area contributed by atoms with Crippen LogP contribution >= 0.6 is 0 Å². The van der Waals surface area contributed by atoms with Crippen LogP contribution in [0.4, 0.5) is 0 Å². The van der Waals surface area contributed by atoms with Gasteiger partial charge in [-0.3, -0.25) is 4.79 Å². The third-order valence-electron chi connectivity index (χ3n) is 6.71. The smallest absolute Gasteiger partial charge is 0.241 e. The predicted octanol–water partition coefficient (Wildman–Crippen LogP) is 2.71. The SMILES string of the molecule is CS(=O)(=O)c1cc(-c2ccc(CC(C#N)NC(=O)C34CCCC(CN3)C4)cc2)ccc1C#N. The highest BCUT2D eigenvalue weighted by atomic mass is 32.2. The molecule has 170 valence electrons. The summed E-state index contributed by atoms with van der Waals surface area (Å²) in [6, 6.07) is 15.6. The van der Waals surface area contributed by atoms with Gasteiger partial charge in [0.2, 0.25) is 5.91 Å². The molecule has 1 aliphatic carbocycles. The maximum atomic E-state index is 12.9. The molecule has 1 heterocycles. The van der Waals surface area contributed by atoms with Crippen LogP contribution in [0, 0.1) is 28.6 Å². The van der Waals surface area contributed by atoms with Gasteiger partial charge >= 0.3 is 0 Å². The van der Waals surface area contributed by atoms with Crippen molar-refractivity contribution in [2.45, 2.75) is 48.6 Å². The average molecular weight is 463 g/mol. The van der Waals surface area contributed by atoms with Gasteiger partial charge in [0.05, 0.1) is 22.1 Å². The number of hydrogen-bond acceptors (Lipinski definition) is 6. The van der Waals surface area contributed by atoms with Gasteiger partial charge in [-0.15, -0.1) is 0 Å². The zero-order valence-electron chi connectivity index (χ0n) is 18.5. The molecule has 2 bridgehead atoms. The number of benzene rings is 2. The first-order valence-electron chi connectivity index (χ1n) is 11.0. The van der Waals surface area contributed by atoms with Crippen LogP contribution in [0.3, 0.4) is 0 Å². The van der Waals surface area contributed by atoms with Crippen molar-refractivity contribution in [3.8, 4) is 23.3 Å². The fourth-order valence-corrected chi connectivity index (χ4v) is 5.80. The standard InChI is InChI=1S/C25H26N4O3S/c1-33(31,32)23-12-20(8-9-21(23)14-26)19-6-4-17(5-7-19)11-22(15-27)29-24(30)25-10-2-3-18(13-25)16-28-25/h4-9,12,18,22,28H,2-3,10-11,13,16H2,1H3,(H,29,30). The summed E-state index contributed by atoms with van der Waals surface area (Å²) in [6.07, 6.45) is 5.29. The quantitative estimate of drug-likeness (QED) is 0.680. The molecule has 2 aliphatic rings. The van der Waals surface area contributed by atoms with Gasteiger partial charge in [0.1, 0.15) is 12.1 Å². The fraction of sp³-hybridized carbons (Fsp3) is 0.400. The minimum Gasteiger partial charge on any atom is -0.338 e. The van der Waals surface area contributed by atoms with E-state index >= 15 is 0 Å². The number of hydrogen-bond donors (Lipinski definition) is 2. The van der Waals surface area contributed by atoms with E-state index in [1.807, 2.05) is 30.3 Å². The largest absolute Gasteiger partial charge is 0.338 e. The number of nitriles is 2. The van der Waals surface area contributed by atoms with Gasteiger partial charge in [-0.25, -0.2) is 8.42 Å². The number of fused-ring (bicyclic) bond motifs is 2. The molecule has 2 fully saturated rings. The summed E-state index contributed by atoms with van der Waals surface area (Å²) in [4.78, 5) is 12.9. The topological polar surface area (TPSA) is 123 Å². The Kier molecular flexibility index (Phi) is 6.25. The van der Waals surface area contributed by atoms with Crippen LogP contribution < -0.4 is 10.6 Å². The molecule has 1 saturated carbocycles. The van der Waals surface area contributed by atoms with Crippen LogP contribution in [0.2, 0.25) is 0 Å². The van der Waals surface area contributed by atoms with Crippen molar-refractivity contribution < 1.29 is 13.2 Å². The molecule has 1 saturated heterocycles. The van der Waals surface area contributed by atoms with Gasteiger partial charge in [-0.2, -0.15) is 10.5 Å². The number of amides is 1. The molecule has 0 spiro atoms. The summed E-state index contributed by atoms with van der Waals surface area (Å²) in [5, 5.41) is 25.1. The second-order valence-electron chi connectivity index (χ2n) is 9.08. The van der Waals surface area contributed by atoms with Crippen LogP contribution in [-0.4, -0.2) is 38.7 Å². The minimum atomic E-state index is -3.53. The lowest BCUT2D eigenvalue weighted by Crippen LogP contribution is -2.56. The Morgan fingerprint density at radius 1 is 1.21 bits per heavy atom. The second kappa shape index (κ2) is 8.97. The fourth-order valence-electron chi connectivity index (χ4n) is 4.95. The van der Waals surface area contributed by atoms with Crippen molar-refractivity contribution >= 4 is 15.7 Å². The second-order valence-corrected chi connectivity index (χ2v) is 11.1. The first kappa shape index (κ1) is 23.0. The molecule has 3 unspecified atom stereocenters. The van der Waals surface area contributed by atoms with Gasteiger partial charge in [0, 0.05) is 12.7 Å². The number of sulfone groups is 1. The van der Waals surface area contributed by atoms with E-state index in [9.17, 15) is 23.7 Å². The van der Waals surface area contributed by atoms with Crippen molar-refractivity contribution in [2.75, 3.05) is 12.8 Å². The number of carbonyl (C=O) groups excluding carboxylic acids is 1. The first-order chi connectivity index (χ1) is 15.7. The van der Waals surface area contributed by atoms with Crippen LogP contribution in [0.25, 0.3) is 11.1 Å². The Morgan fingerprint density at radius 2 is 1.94 bits per heavy atom. The summed E-state index contributed by atoms with van der Waals surface area (Å²) in [7, 11) is -3.53. The number of rotatable bonds is 6. The monoisotopic (exact) mass is 462 g/mol. The Bertz CT molecular complexity index is 1250. The Balaban J connectivity index is 1.47. The molecule has 8 heteroatoms. The highest BCUT2D eigenvalue weighted by Gasteiger charge is 2.47. The van der Waals surface area contributed by atoms with Gasteiger partial charge in [-0.05, 0) is 60.5 Å². The summed E-state index contributed by atoms with van der Waals surface area (Å²) < 4.78 is 24.1.